The maximum Gasteiger partial charge on any atom is 0.241 e. The van der Waals surface area contributed by atoms with E-state index in [9.17, 15) is 13.2 Å². The number of aromatic nitrogens is 4. The minimum Gasteiger partial charge on any atom is -0.294 e. The van der Waals surface area contributed by atoms with Crippen molar-refractivity contribution in [3.05, 3.63) is 66.0 Å². The Bertz CT molecular complexity index is 1050. The molecule has 0 unspecified atom stereocenters. The number of ketones is 1. The van der Waals surface area contributed by atoms with Crippen LogP contribution in [-0.4, -0.2) is 34.4 Å². The maximum atomic E-state index is 12.7. The van der Waals surface area contributed by atoms with Crippen molar-refractivity contribution in [2.45, 2.75) is 17.4 Å². The van der Waals surface area contributed by atoms with Gasteiger partial charge in [-0.05, 0) is 34.2 Å². The predicted molar refractivity (Wildman–Crippen MR) is 87.6 cm³/mol. The second-order valence-electron chi connectivity index (χ2n) is 5.64. The topological polar surface area (TPSA) is 107 Å². The lowest BCUT2D eigenvalue weighted by Crippen LogP contribution is -2.27. The fourth-order valence-electron chi connectivity index (χ4n) is 2.89. The highest BCUT2D eigenvalue weighted by Gasteiger charge is 2.32. The average Bonchev–Trinajstić information content (AvgIpc) is 3.25. The van der Waals surface area contributed by atoms with Gasteiger partial charge in [-0.1, -0.05) is 30.3 Å². The third kappa shape index (κ3) is 2.83. The van der Waals surface area contributed by atoms with Gasteiger partial charge in [-0.25, -0.2) is 17.8 Å². The Balaban J connectivity index is 1.65. The molecule has 8 nitrogen and oxygen atoms in total. The first kappa shape index (κ1) is 15.6. The quantitative estimate of drug-likeness (QED) is 0.755. The van der Waals surface area contributed by atoms with Crippen molar-refractivity contribution >= 4 is 15.8 Å². The lowest BCUT2D eigenvalue weighted by molar-refractivity contribution is 0.0988. The summed E-state index contributed by atoms with van der Waals surface area (Å²) in [6.07, 6.45) is 1.50. The molecular formula is C16H13N5O3S. The normalized spacial score (nSPS) is 16.8. The zero-order valence-electron chi connectivity index (χ0n) is 12.9. The summed E-state index contributed by atoms with van der Waals surface area (Å²) in [6.45, 7) is 0. The van der Waals surface area contributed by atoms with Crippen LogP contribution in [0.25, 0.3) is 5.69 Å². The highest BCUT2D eigenvalue weighted by molar-refractivity contribution is 7.89. The fraction of sp³-hybridized carbons (Fsp3) is 0.125. The van der Waals surface area contributed by atoms with Crippen LogP contribution in [0.3, 0.4) is 0 Å². The second kappa shape index (κ2) is 5.87. The van der Waals surface area contributed by atoms with Crippen LogP contribution in [0.1, 0.15) is 28.4 Å². The number of tetrazole rings is 1. The molecule has 0 amide bonds. The molecule has 0 aliphatic heterocycles. The van der Waals surface area contributed by atoms with E-state index in [1.807, 2.05) is 0 Å². The fourth-order valence-corrected chi connectivity index (χ4v) is 4.15. The van der Waals surface area contributed by atoms with Crippen LogP contribution in [-0.2, 0) is 10.0 Å². The minimum atomic E-state index is -3.81. The molecule has 1 aromatic heterocycles. The van der Waals surface area contributed by atoms with Crippen molar-refractivity contribution in [1.82, 2.24) is 24.9 Å². The molecular weight excluding hydrogens is 342 g/mol. The number of hydrogen-bond donors (Lipinski definition) is 1. The van der Waals surface area contributed by atoms with Crippen LogP contribution in [0.4, 0.5) is 0 Å². The van der Waals surface area contributed by atoms with Crippen LogP contribution < -0.4 is 4.72 Å². The molecule has 9 heteroatoms. The highest BCUT2D eigenvalue weighted by atomic mass is 32.2. The number of Topliss-reactive ketones (excluding diaryl/α,β-unsaturated/α-hetero) is 1. The molecule has 4 rings (SSSR count). The maximum absolute atomic E-state index is 12.7. The van der Waals surface area contributed by atoms with Crippen LogP contribution in [0, 0.1) is 0 Å². The van der Waals surface area contributed by atoms with Gasteiger partial charge in [0, 0.05) is 12.0 Å². The number of rotatable bonds is 4. The van der Waals surface area contributed by atoms with Crippen LogP contribution in [0.2, 0.25) is 0 Å². The van der Waals surface area contributed by atoms with E-state index in [1.54, 1.807) is 36.4 Å². The van der Waals surface area contributed by atoms with E-state index < -0.39 is 16.1 Å². The monoisotopic (exact) mass is 355 g/mol. The number of sulfonamides is 1. The number of hydrogen-bond acceptors (Lipinski definition) is 6. The van der Waals surface area contributed by atoms with E-state index in [1.165, 1.54) is 23.1 Å². The number of fused-ring (bicyclic) bond motifs is 1. The van der Waals surface area contributed by atoms with Crippen LogP contribution in [0.15, 0.2) is 59.8 Å². The Morgan fingerprint density at radius 2 is 1.96 bits per heavy atom. The van der Waals surface area contributed by atoms with E-state index in [0.717, 1.165) is 0 Å². The number of benzene rings is 2. The lowest BCUT2D eigenvalue weighted by Gasteiger charge is -2.14. The minimum absolute atomic E-state index is 0.0641. The summed E-state index contributed by atoms with van der Waals surface area (Å²) in [7, 11) is -3.81. The lowest BCUT2D eigenvalue weighted by atomic mass is 10.1. The van der Waals surface area contributed by atoms with Crippen molar-refractivity contribution in [2.24, 2.45) is 0 Å². The van der Waals surface area contributed by atoms with Crippen molar-refractivity contribution in [1.29, 1.82) is 0 Å². The van der Waals surface area contributed by atoms with Gasteiger partial charge in [-0.2, -0.15) is 0 Å². The molecule has 1 heterocycles. The number of carbonyl (C=O) groups is 1. The molecule has 1 N–H and O–H groups in total. The Morgan fingerprint density at radius 1 is 1.12 bits per heavy atom. The molecule has 0 spiro atoms. The Hall–Kier alpha value is -2.91. The summed E-state index contributed by atoms with van der Waals surface area (Å²) >= 11 is 0. The molecule has 0 saturated heterocycles. The highest BCUT2D eigenvalue weighted by Crippen LogP contribution is 2.32. The third-order valence-electron chi connectivity index (χ3n) is 4.07. The molecule has 0 saturated carbocycles. The first-order chi connectivity index (χ1) is 12.0. The van der Waals surface area contributed by atoms with E-state index >= 15 is 0 Å². The molecule has 3 aromatic rings. The number of nitrogens with zero attached hydrogens (tertiary/aromatic N) is 4. The molecule has 0 radical (unpaired) electrons. The molecule has 126 valence electrons. The van der Waals surface area contributed by atoms with Gasteiger partial charge in [0.1, 0.15) is 6.33 Å². The van der Waals surface area contributed by atoms with E-state index in [4.69, 9.17) is 0 Å². The molecule has 1 atom stereocenters. The molecule has 1 aliphatic carbocycles. The molecule has 1 aliphatic rings. The standard InChI is InChI=1S/C16H13N5O3S/c22-16-9-15(13-6-1-2-7-14(13)16)18-25(23,24)12-5-3-4-11(8-12)21-10-17-19-20-21/h1-8,10,15,18H,9H2/t15-/m1/s1. The summed E-state index contributed by atoms with van der Waals surface area (Å²) < 4.78 is 29.5. The molecule has 2 aromatic carbocycles. The summed E-state index contributed by atoms with van der Waals surface area (Å²) in [6, 6.07) is 12.7. The summed E-state index contributed by atoms with van der Waals surface area (Å²) in [5, 5.41) is 10.8. The predicted octanol–water partition coefficient (Wildman–Crippen LogP) is 1.27. The summed E-state index contributed by atoms with van der Waals surface area (Å²) in [5.41, 5.74) is 1.79. The summed E-state index contributed by atoms with van der Waals surface area (Å²) in [5.74, 6) is -0.0641. The first-order valence-corrected chi connectivity index (χ1v) is 9.01. The van der Waals surface area contributed by atoms with E-state index in [-0.39, 0.29) is 17.1 Å². The van der Waals surface area contributed by atoms with Crippen molar-refractivity contribution in [3.63, 3.8) is 0 Å². The largest absolute Gasteiger partial charge is 0.294 e. The zero-order valence-corrected chi connectivity index (χ0v) is 13.7. The van der Waals surface area contributed by atoms with Crippen molar-refractivity contribution in [3.8, 4) is 5.69 Å². The molecule has 0 bridgehead atoms. The Labute approximate surface area is 143 Å². The first-order valence-electron chi connectivity index (χ1n) is 7.52. The van der Waals surface area contributed by atoms with Gasteiger partial charge in [-0.15, -0.1) is 5.10 Å². The van der Waals surface area contributed by atoms with Crippen molar-refractivity contribution in [2.75, 3.05) is 0 Å². The van der Waals surface area contributed by atoms with Crippen LogP contribution in [0.5, 0.6) is 0 Å². The molecule has 25 heavy (non-hydrogen) atoms. The average molecular weight is 355 g/mol. The van der Waals surface area contributed by atoms with Gasteiger partial charge in [-0.3, -0.25) is 4.79 Å². The smallest absolute Gasteiger partial charge is 0.241 e. The molecule has 0 fully saturated rings. The van der Waals surface area contributed by atoms with Crippen molar-refractivity contribution < 1.29 is 13.2 Å². The zero-order chi connectivity index (χ0) is 17.4. The SMILES string of the molecule is O=C1C[C@@H](NS(=O)(=O)c2cccc(-n3cnnn3)c2)c2ccccc21. The second-order valence-corrected chi connectivity index (χ2v) is 7.35. The Morgan fingerprint density at radius 3 is 2.76 bits per heavy atom. The van der Waals surface area contributed by atoms with Gasteiger partial charge in [0.15, 0.2) is 5.78 Å². The van der Waals surface area contributed by atoms with Gasteiger partial charge in [0.25, 0.3) is 0 Å². The third-order valence-corrected chi connectivity index (χ3v) is 5.53. The van der Waals surface area contributed by atoms with Gasteiger partial charge >= 0.3 is 0 Å². The van der Waals surface area contributed by atoms with Gasteiger partial charge in [0.2, 0.25) is 10.0 Å². The van der Waals surface area contributed by atoms with Gasteiger partial charge < -0.3 is 0 Å². The van der Waals surface area contributed by atoms with Crippen LogP contribution >= 0.6 is 0 Å². The van der Waals surface area contributed by atoms with Gasteiger partial charge in [0.05, 0.1) is 16.6 Å². The Kier molecular flexibility index (Phi) is 3.66. The summed E-state index contributed by atoms with van der Waals surface area (Å²) in [4.78, 5) is 12.1. The number of nitrogens with one attached hydrogen (secondary N) is 1. The number of carbonyl (C=O) groups excluding carboxylic acids is 1. The van der Waals surface area contributed by atoms with E-state index in [2.05, 4.69) is 20.2 Å². The van der Waals surface area contributed by atoms with E-state index in [0.29, 0.717) is 16.8 Å².